The summed E-state index contributed by atoms with van der Waals surface area (Å²) >= 11 is 0. The summed E-state index contributed by atoms with van der Waals surface area (Å²) in [5.41, 5.74) is 10.5. The highest BCUT2D eigenvalue weighted by Gasteiger charge is 2.09. The van der Waals surface area contributed by atoms with E-state index in [1.54, 1.807) is 0 Å². The topological polar surface area (TPSA) is 140 Å². The van der Waals surface area contributed by atoms with Crippen LogP contribution in [-0.2, 0) is 9.59 Å². The molecule has 0 aromatic carbocycles. The lowest BCUT2D eigenvalue weighted by Crippen LogP contribution is -2.19. The van der Waals surface area contributed by atoms with Gasteiger partial charge in [-0.2, -0.15) is 0 Å². The number of pyridine rings is 1. The molecule has 0 saturated heterocycles. The van der Waals surface area contributed by atoms with Crippen LogP contribution in [0.4, 0.5) is 11.5 Å². The van der Waals surface area contributed by atoms with Crippen LogP contribution in [0.25, 0.3) is 0 Å². The average Bonchev–Trinajstić information content (AvgIpc) is 2.29. The number of nitrogens with two attached hydrogens (primary N) is 2. The predicted molar refractivity (Wildman–Crippen MR) is 64.7 cm³/mol. The van der Waals surface area contributed by atoms with Crippen molar-refractivity contribution in [3.63, 3.8) is 0 Å². The van der Waals surface area contributed by atoms with Gasteiger partial charge in [-0.1, -0.05) is 0 Å². The second-order valence-corrected chi connectivity index (χ2v) is 3.34. The Balaban J connectivity index is 2.98. The number of carbonyl (C=O) groups excluding carboxylic acids is 3. The van der Waals surface area contributed by atoms with E-state index in [4.69, 9.17) is 11.5 Å². The third-order valence-electron chi connectivity index (χ3n) is 1.94. The fourth-order valence-electron chi connectivity index (χ4n) is 1.21. The summed E-state index contributed by atoms with van der Waals surface area (Å²) in [5, 5.41) is 4.79. The van der Waals surface area contributed by atoms with Crippen LogP contribution < -0.4 is 22.1 Å². The lowest BCUT2D eigenvalue weighted by molar-refractivity contribution is -0.116. The van der Waals surface area contributed by atoms with Gasteiger partial charge in [-0.05, 0) is 6.07 Å². The number of nitrogens with one attached hydrogen (secondary N) is 2. The Morgan fingerprint density at radius 1 is 1.39 bits per heavy atom. The van der Waals surface area contributed by atoms with Gasteiger partial charge < -0.3 is 22.1 Å². The van der Waals surface area contributed by atoms with Gasteiger partial charge in [0.2, 0.25) is 12.3 Å². The van der Waals surface area contributed by atoms with E-state index >= 15 is 0 Å². The summed E-state index contributed by atoms with van der Waals surface area (Å²) in [6.45, 7) is 0.195. The van der Waals surface area contributed by atoms with Crippen LogP contribution >= 0.6 is 0 Å². The maximum atomic E-state index is 11.3. The van der Waals surface area contributed by atoms with Crippen molar-refractivity contribution in [2.45, 2.75) is 6.42 Å². The fraction of sp³-hybridized carbons (Fsp3) is 0.200. The van der Waals surface area contributed by atoms with Crippen molar-refractivity contribution in [1.29, 1.82) is 0 Å². The van der Waals surface area contributed by atoms with Crippen molar-refractivity contribution in [3.8, 4) is 0 Å². The molecule has 0 aliphatic rings. The molecule has 0 radical (unpaired) electrons. The van der Waals surface area contributed by atoms with E-state index in [2.05, 4.69) is 15.6 Å². The molecule has 8 heteroatoms. The van der Waals surface area contributed by atoms with Gasteiger partial charge in [0.05, 0.1) is 0 Å². The molecule has 8 nitrogen and oxygen atoms in total. The van der Waals surface area contributed by atoms with Crippen LogP contribution in [0.3, 0.4) is 0 Å². The van der Waals surface area contributed by atoms with Crippen LogP contribution in [0, 0.1) is 0 Å². The van der Waals surface area contributed by atoms with Crippen molar-refractivity contribution >= 4 is 29.7 Å². The molecule has 3 amide bonds. The zero-order chi connectivity index (χ0) is 13.5. The molecule has 1 aromatic rings. The van der Waals surface area contributed by atoms with E-state index in [1.807, 2.05) is 0 Å². The number of hydrogen-bond acceptors (Lipinski definition) is 5. The van der Waals surface area contributed by atoms with Crippen LogP contribution in [0.2, 0.25) is 0 Å². The van der Waals surface area contributed by atoms with Crippen molar-refractivity contribution < 1.29 is 14.4 Å². The highest BCUT2D eigenvalue weighted by Crippen LogP contribution is 2.14. The smallest absolute Gasteiger partial charge is 0.267 e. The molecule has 0 aliphatic heterocycles. The number of rotatable bonds is 6. The van der Waals surface area contributed by atoms with Gasteiger partial charge in [0, 0.05) is 24.7 Å². The number of anilines is 2. The summed E-state index contributed by atoms with van der Waals surface area (Å²) < 4.78 is 0. The fourth-order valence-corrected chi connectivity index (χ4v) is 1.21. The molecule has 96 valence electrons. The second kappa shape index (κ2) is 6.30. The monoisotopic (exact) mass is 251 g/mol. The minimum absolute atomic E-state index is 0.0649. The maximum absolute atomic E-state index is 11.3. The molecule has 0 spiro atoms. The van der Waals surface area contributed by atoms with Gasteiger partial charge in [-0.15, -0.1) is 0 Å². The largest absolute Gasteiger partial charge is 0.364 e. The van der Waals surface area contributed by atoms with Crippen molar-refractivity contribution in [2.75, 3.05) is 17.2 Å². The highest BCUT2D eigenvalue weighted by molar-refractivity contribution is 5.95. The normalized spacial score (nSPS) is 9.61. The molecule has 0 atom stereocenters. The van der Waals surface area contributed by atoms with Gasteiger partial charge >= 0.3 is 0 Å². The Morgan fingerprint density at radius 3 is 2.67 bits per heavy atom. The van der Waals surface area contributed by atoms with Crippen LogP contribution in [0.5, 0.6) is 0 Å². The number of hydrogen-bond donors (Lipinski definition) is 4. The van der Waals surface area contributed by atoms with Crippen LogP contribution in [0.15, 0.2) is 12.1 Å². The van der Waals surface area contributed by atoms with Gasteiger partial charge in [0.15, 0.2) is 0 Å². The molecule has 1 heterocycles. The summed E-state index contributed by atoms with van der Waals surface area (Å²) in [6.07, 6.45) is 0.560. The minimum atomic E-state index is -0.765. The number of nitrogens with zero attached hydrogens (tertiary/aromatic N) is 1. The third kappa shape index (κ3) is 3.83. The molecule has 0 fully saturated rings. The molecular formula is C10H13N5O3. The van der Waals surface area contributed by atoms with Gasteiger partial charge in [-0.3, -0.25) is 14.4 Å². The number of aromatic nitrogens is 1. The molecule has 0 bridgehead atoms. The van der Waals surface area contributed by atoms with Crippen molar-refractivity contribution in [2.24, 2.45) is 11.5 Å². The Hall–Kier alpha value is -2.48. The predicted octanol–water partition coefficient (Wildman–Crippen LogP) is -0.964. The molecule has 1 rings (SSSR count). The summed E-state index contributed by atoms with van der Waals surface area (Å²) in [5.74, 6) is -0.989. The SMILES string of the molecule is NCCC(=O)Nc1cc(NC=O)cc(C(N)=O)n1. The molecular weight excluding hydrogens is 238 g/mol. The van der Waals surface area contributed by atoms with Gasteiger partial charge in [-0.25, -0.2) is 4.98 Å². The van der Waals surface area contributed by atoms with Crippen LogP contribution in [-0.4, -0.2) is 29.8 Å². The van der Waals surface area contributed by atoms with E-state index < -0.39 is 5.91 Å². The summed E-state index contributed by atoms with van der Waals surface area (Å²) in [6, 6.07) is 2.70. The average molecular weight is 251 g/mol. The molecule has 1 aromatic heterocycles. The zero-order valence-corrected chi connectivity index (χ0v) is 9.47. The van der Waals surface area contributed by atoms with E-state index in [1.165, 1.54) is 12.1 Å². The first kappa shape index (κ1) is 13.6. The Bertz CT molecular complexity index is 475. The second-order valence-electron chi connectivity index (χ2n) is 3.34. The first-order chi connectivity index (χ1) is 8.56. The summed E-state index contributed by atoms with van der Waals surface area (Å²) in [7, 11) is 0. The van der Waals surface area contributed by atoms with Crippen molar-refractivity contribution in [3.05, 3.63) is 17.8 Å². The number of primary amides is 1. The Kier molecular flexibility index (Phi) is 4.76. The maximum Gasteiger partial charge on any atom is 0.267 e. The van der Waals surface area contributed by atoms with E-state index in [0.29, 0.717) is 12.1 Å². The molecule has 0 aliphatic carbocycles. The van der Waals surface area contributed by atoms with Gasteiger partial charge in [0.25, 0.3) is 5.91 Å². The lowest BCUT2D eigenvalue weighted by atomic mass is 10.3. The molecule has 0 unspecified atom stereocenters. The molecule has 6 N–H and O–H groups in total. The molecule has 18 heavy (non-hydrogen) atoms. The van der Waals surface area contributed by atoms with Gasteiger partial charge in [0.1, 0.15) is 11.5 Å². The standard InChI is InChI=1S/C10H13N5O3/c11-2-1-9(17)15-8-4-6(13-5-16)3-7(14-8)10(12)18/h3-5H,1-2,11H2,(H2,12,18)(H2,13,14,15,16,17). The first-order valence-electron chi connectivity index (χ1n) is 5.09. The lowest BCUT2D eigenvalue weighted by Gasteiger charge is -2.07. The quantitative estimate of drug-likeness (QED) is 0.482. The van der Waals surface area contributed by atoms with E-state index in [0.717, 1.165) is 0 Å². The molecule has 0 saturated carbocycles. The highest BCUT2D eigenvalue weighted by atomic mass is 16.2. The number of amides is 3. The Morgan fingerprint density at radius 2 is 2.11 bits per heavy atom. The minimum Gasteiger partial charge on any atom is -0.364 e. The zero-order valence-electron chi connectivity index (χ0n) is 9.47. The summed E-state index contributed by atoms with van der Waals surface area (Å²) in [4.78, 5) is 36.5. The number of carbonyl (C=O) groups is 3. The third-order valence-corrected chi connectivity index (χ3v) is 1.94. The van der Waals surface area contributed by atoms with Crippen molar-refractivity contribution in [1.82, 2.24) is 4.98 Å². The first-order valence-corrected chi connectivity index (χ1v) is 5.09. The Labute approximate surface area is 103 Å². The van der Waals surface area contributed by atoms with Crippen LogP contribution in [0.1, 0.15) is 16.9 Å². The van der Waals surface area contributed by atoms with E-state index in [-0.39, 0.29) is 30.4 Å². The van der Waals surface area contributed by atoms with E-state index in [9.17, 15) is 14.4 Å².